The van der Waals surface area contributed by atoms with E-state index in [0.717, 1.165) is 29.2 Å². The molecule has 1 aromatic heterocycles. The van der Waals surface area contributed by atoms with Crippen molar-refractivity contribution in [3.05, 3.63) is 45.1 Å². The van der Waals surface area contributed by atoms with Crippen LogP contribution >= 0.6 is 11.3 Å². The molecule has 1 fully saturated rings. The van der Waals surface area contributed by atoms with Crippen LogP contribution in [-0.2, 0) is 4.79 Å². The maximum Gasteiger partial charge on any atom is 0.225 e. The number of aliphatic hydroxyl groups excluding tert-OH is 1. The van der Waals surface area contributed by atoms with Crippen LogP contribution in [0.25, 0.3) is 0 Å². The molecule has 3 heterocycles. The second-order valence-corrected chi connectivity index (χ2v) is 7.81. The summed E-state index contributed by atoms with van der Waals surface area (Å²) in [6, 6.07) is 6.44. The van der Waals surface area contributed by atoms with Gasteiger partial charge in [-0.3, -0.25) is 4.79 Å². The molecule has 0 bridgehead atoms. The number of amides is 1. The maximum atomic E-state index is 12.4. The third-order valence-electron chi connectivity index (χ3n) is 5.22. The topological polar surface area (TPSA) is 52.6 Å². The van der Waals surface area contributed by atoms with Crippen LogP contribution in [-0.4, -0.2) is 30.7 Å². The molecule has 1 atom stereocenters. The largest absolute Gasteiger partial charge is 0.384 e. The lowest BCUT2D eigenvalue weighted by molar-refractivity contribution is -0.116. The zero-order valence-corrected chi connectivity index (χ0v) is 15.7. The van der Waals surface area contributed by atoms with Crippen LogP contribution in [0.15, 0.2) is 23.6 Å². The van der Waals surface area contributed by atoms with Gasteiger partial charge in [-0.2, -0.15) is 0 Å². The number of carbonyl (C=O) groups is 1. The van der Waals surface area contributed by atoms with Gasteiger partial charge < -0.3 is 15.3 Å². The van der Waals surface area contributed by atoms with E-state index in [1.807, 2.05) is 11.4 Å². The predicted molar refractivity (Wildman–Crippen MR) is 106 cm³/mol. The molecule has 4 rings (SSSR count). The van der Waals surface area contributed by atoms with Crippen molar-refractivity contribution in [3.63, 3.8) is 0 Å². The summed E-state index contributed by atoms with van der Waals surface area (Å²) in [6.07, 6.45) is 2.93. The number of aliphatic hydroxyl groups is 1. The van der Waals surface area contributed by atoms with Crippen molar-refractivity contribution >= 4 is 28.6 Å². The highest BCUT2D eigenvalue weighted by atomic mass is 32.1. The molecule has 0 aliphatic carbocycles. The lowest BCUT2D eigenvalue weighted by atomic mass is 9.87. The summed E-state index contributed by atoms with van der Waals surface area (Å²) in [5.41, 5.74) is 5.47. The number of hydrogen-bond donors (Lipinski definition) is 2. The summed E-state index contributed by atoms with van der Waals surface area (Å²) in [6.45, 7) is 4.16. The first-order valence-electron chi connectivity index (χ1n) is 9.04. The minimum absolute atomic E-state index is 0.0692. The Morgan fingerprint density at radius 3 is 2.92 bits per heavy atom. The quantitative estimate of drug-likeness (QED) is 0.800. The molecular weight excluding hydrogens is 344 g/mol. The number of thiophene rings is 1. The van der Waals surface area contributed by atoms with Gasteiger partial charge >= 0.3 is 0 Å². The van der Waals surface area contributed by atoms with Crippen LogP contribution in [0.1, 0.15) is 46.7 Å². The summed E-state index contributed by atoms with van der Waals surface area (Å²) < 4.78 is 0. The van der Waals surface area contributed by atoms with Crippen LogP contribution in [0.3, 0.4) is 0 Å². The van der Waals surface area contributed by atoms with Crippen molar-refractivity contribution in [1.29, 1.82) is 0 Å². The number of anilines is 2. The summed E-state index contributed by atoms with van der Waals surface area (Å²) >= 11 is 1.63. The van der Waals surface area contributed by atoms with E-state index >= 15 is 0 Å². The monoisotopic (exact) mass is 366 g/mol. The fourth-order valence-corrected chi connectivity index (χ4v) is 4.92. The third kappa shape index (κ3) is 3.11. The average Bonchev–Trinajstić information content (AvgIpc) is 3.32. The van der Waals surface area contributed by atoms with E-state index in [-0.39, 0.29) is 18.4 Å². The average molecular weight is 366 g/mol. The normalized spacial score (nSPS) is 18.9. The van der Waals surface area contributed by atoms with E-state index in [2.05, 4.69) is 41.1 Å². The van der Waals surface area contributed by atoms with E-state index < -0.39 is 0 Å². The lowest BCUT2D eigenvalue weighted by Crippen LogP contribution is -2.26. The van der Waals surface area contributed by atoms with Crippen LogP contribution in [0.4, 0.5) is 11.4 Å². The van der Waals surface area contributed by atoms with Crippen molar-refractivity contribution in [2.24, 2.45) is 0 Å². The lowest BCUT2D eigenvalue weighted by Gasteiger charge is -2.30. The smallest absolute Gasteiger partial charge is 0.225 e. The molecule has 2 aromatic rings. The van der Waals surface area contributed by atoms with Gasteiger partial charge in [0.2, 0.25) is 5.91 Å². The Morgan fingerprint density at radius 2 is 2.15 bits per heavy atom. The molecule has 1 aromatic carbocycles. The van der Waals surface area contributed by atoms with Crippen molar-refractivity contribution in [2.45, 2.75) is 32.1 Å². The summed E-state index contributed by atoms with van der Waals surface area (Å²) in [5, 5.41) is 14.0. The maximum absolute atomic E-state index is 12.4. The predicted octanol–water partition coefficient (Wildman–Crippen LogP) is 3.47. The van der Waals surface area contributed by atoms with Crippen molar-refractivity contribution in [1.82, 2.24) is 0 Å². The van der Waals surface area contributed by atoms with Crippen LogP contribution in [0.2, 0.25) is 0 Å². The summed E-state index contributed by atoms with van der Waals surface area (Å²) in [4.78, 5) is 16.0. The molecule has 0 radical (unpaired) electrons. The van der Waals surface area contributed by atoms with Gasteiger partial charge in [-0.15, -0.1) is 11.3 Å². The summed E-state index contributed by atoms with van der Waals surface area (Å²) in [7, 11) is 0. The summed E-state index contributed by atoms with van der Waals surface area (Å²) in [5.74, 6) is 5.77. The molecule has 2 aliphatic heterocycles. The highest BCUT2D eigenvalue weighted by Gasteiger charge is 2.30. The number of nitrogens with one attached hydrogen (secondary N) is 1. The van der Waals surface area contributed by atoms with Crippen LogP contribution in [0, 0.1) is 18.8 Å². The zero-order chi connectivity index (χ0) is 18.1. The fourth-order valence-electron chi connectivity index (χ4n) is 3.96. The highest BCUT2D eigenvalue weighted by Crippen LogP contribution is 2.43. The molecule has 4 nitrogen and oxygen atoms in total. The van der Waals surface area contributed by atoms with Crippen LogP contribution < -0.4 is 10.2 Å². The standard InChI is InChI=1S/C21H22N2O2S/c1-14-18(23-8-2-3-9-23)7-6-16-17(12-20(25)22-21(14)16)19-11-15(13-26-19)5-4-10-24/h6-7,11,13,17,24H,2-3,8-10,12H2,1H3,(H,22,25)/t17-/m0/s1. The van der Waals surface area contributed by atoms with Crippen molar-refractivity contribution in [3.8, 4) is 11.8 Å². The molecule has 0 spiro atoms. The van der Waals surface area contributed by atoms with Gasteiger partial charge in [0, 0.05) is 52.6 Å². The minimum Gasteiger partial charge on any atom is -0.384 e. The SMILES string of the molecule is Cc1c(N2CCCC2)ccc2c1NC(=O)C[C@@H]2c1cc(C#CCO)cs1. The van der Waals surface area contributed by atoms with E-state index in [1.54, 1.807) is 11.3 Å². The molecule has 0 unspecified atom stereocenters. The van der Waals surface area contributed by atoms with Gasteiger partial charge in [0.25, 0.3) is 0 Å². The first-order chi connectivity index (χ1) is 12.7. The third-order valence-corrected chi connectivity index (χ3v) is 6.27. The number of rotatable bonds is 2. The van der Waals surface area contributed by atoms with E-state index in [4.69, 9.17) is 5.11 Å². The van der Waals surface area contributed by atoms with Gasteiger partial charge in [-0.05, 0) is 43.0 Å². The Kier molecular flexibility index (Phi) is 4.71. The molecule has 5 heteroatoms. The number of benzene rings is 1. The number of fused-ring (bicyclic) bond motifs is 1. The first kappa shape index (κ1) is 17.1. The minimum atomic E-state index is -0.141. The second kappa shape index (κ2) is 7.14. The Balaban J connectivity index is 1.72. The van der Waals surface area contributed by atoms with Gasteiger partial charge in [0.05, 0.1) is 0 Å². The van der Waals surface area contributed by atoms with Gasteiger partial charge in [-0.1, -0.05) is 17.9 Å². The molecule has 2 aliphatic rings. The molecular formula is C21H22N2O2S. The Hall–Kier alpha value is -2.29. The van der Waals surface area contributed by atoms with Crippen molar-refractivity contribution < 1.29 is 9.90 Å². The molecule has 26 heavy (non-hydrogen) atoms. The Morgan fingerprint density at radius 1 is 1.35 bits per heavy atom. The molecule has 2 N–H and O–H groups in total. The van der Waals surface area contributed by atoms with E-state index in [9.17, 15) is 4.79 Å². The van der Waals surface area contributed by atoms with Gasteiger partial charge in [0.1, 0.15) is 6.61 Å². The second-order valence-electron chi connectivity index (χ2n) is 6.87. The van der Waals surface area contributed by atoms with Crippen LogP contribution in [0.5, 0.6) is 0 Å². The van der Waals surface area contributed by atoms with E-state index in [0.29, 0.717) is 6.42 Å². The van der Waals surface area contributed by atoms with Gasteiger partial charge in [0.15, 0.2) is 0 Å². The number of nitrogens with zero attached hydrogens (tertiary/aromatic N) is 1. The molecule has 0 saturated carbocycles. The zero-order valence-electron chi connectivity index (χ0n) is 14.8. The fraction of sp³-hybridized carbons (Fsp3) is 0.381. The Labute approximate surface area is 157 Å². The molecule has 1 amide bonds. The van der Waals surface area contributed by atoms with Crippen molar-refractivity contribution in [2.75, 3.05) is 29.9 Å². The highest BCUT2D eigenvalue weighted by molar-refractivity contribution is 7.10. The molecule has 134 valence electrons. The molecule has 1 saturated heterocycles. The first-order valence-corrected chi connectivity index (χ1v) is 9.92. The van der Waals surface area contributed by atoms with E-state index in [1.165, 1.54) is 29.7 Å². The number of carbonyl (C=O) groups excluding carboxylic acids is 1. The Bertz CT molecular complexity index is 900. The van der Waals surface area contributed by atoms with Gasteiger partial charge in [-0.25, -0.2) is 0 Å². The number of hydrogen-bond acceptors (Lipinski definition) is 4.